The number of benzene rings is 2. The van der Waals surface area contributed by atoms with Crippen molar-refractivity contribution in [2.75, 3.05) is 7.11 Å². The predicted molar refractivity (Wildman–Crippen MR) is 84.8 cm³/mol. The summed E-state index contributed by atoms with van der Waals surface area (Å²) in [7, 11) is 1.53. The van der Waals surface area contributed by atoms with E-state index in [1.807, 2.05) is 6.07 Å². The lowest BCUT2D eigenvalue weighted by Crippen LogP contribution is -2.13. The molecule has 0 radical (unpaired) electrons. The van der Waals surface area contributed by atoms with Gasteiger partial charge in [0.05, 0.1) is 17.7 Å². The van der Waals surface area contributed by atoms with Gasteiger partial charge in [-0.15, -0.1) is 0 Å². The molecule has 0 unspecified atom stereocenters. The molecule has 6 heteroatoms. The molecular weight excluding hydrogens is 311 g/mol. The van der Waals surface area contributed by atoms with Gasteiger partial charge in [0, 0.05) is 5.02 Å². The van der Waals surface area contributed by atoms with Crippen LogP contribution in [0, 0.1) is 5.41 Å². The SMILES string of the molecule is COc1ccc(COc2ccc(Cl)cc2Cl)cc1C(=N)N. The Morgan fingerprint density at radius 2 is 1.86 bits per heavy atom. The molecule has 0 spiro atoms. The number of rotatable bonds is 5. The molecule has 0 aliphatic rings. The molecule has 0 amide bonds. The molecule has 2 aromatic rings. The maximum absolute atomic E-state index is 7.55. The fourth-order valence-electron chi connectivity index (χ4n) is 1.81. The van der Waals surface area contributed by atoms with Gasteiger partial charge in [-0.1, -0.05) is 29.3 Å². The molecule has 0 heterocycles. The van der Waals surface area contributed by atoms with Gasteiger partial charge in [0.2, 0.25) is 0 Å². The fraction of sp³-hybridized carbons (Fsp3) is 0.133. The predicted octanol–water partition coefficient (Wildman–Crippen LogP) is 3.87. The Morgan fingerprint density at radius 3 is 2.48 bits per heavy atom. The van der Waals surface area contributed by atoms with Crippen LogP contribution in [0.3, 0.4) is 0 Å². The lowest BCUT2D eigenvalue weighted by atomic mass is 10.1. The minimum Gasteiger partial charge on any atom is -0.496 e. The van der Waals surface area contributed by atoms with Crippen molar-refractivity contribution in [3.63, 3.8) is 0 Å². The van der Waals surface area contributed by atoms with Crippen LogP contribution in [-0.4, -0.2) is 12.9 Å². The molecule has 4 nitrogen and oxygen atoms in total. The summed E-state index contributed by atoms with van der Waals surface area (Å²) in [6, 6.07) is 10.4. The largest absolute Gasteiger partial charge is 0.496 e. The standard InChI is InChI=1S/C15H14Cl2N2O2/c1-20-13-4-2-9(6-11(13)15(18)19)8-21-14-5-3-10(16)7-12(14)17/h2-7H,8H2,1H3,(H3,18,19). The van der Waals surface area contributed by atoms with E-state index in [4.69, 9.17) is 43.8 Å². The third kappa shape index (κ3) is 3.80. The number of amidine groups is 1. The summed E-state index contributed by atoms with van der Waals surface area (Å²) >= 11 is 11.9. The third-order valence-electron chi connectivity index (χ3n) is 2.84. The maximum Gasteiger partial charge on any atom is 0.138 e. The molecule has 0 aliphatic carbocycles. The maximum atomic E-state index is 7.55. The molecular formula is C15H14Cl2N2O2. The molecule has 110 valence electrons. The minimum atomic E-state index is -0.0572. The van der Waals surface area contributed by atoms with Gasteiger partial charge in [-0.2, -0.15) is 0 Å². The van der Waals surface area contributed by atoms with Gasteiger partial charge in [-0.3, -0.25) is 5.41 Å². The van der Waals surface area contributed by atoms with E-state index in [9.17, 15) is 0 Å². The van der Waals surface area contributed by atoms with Crippen molar-refractivity contribution in [2.24, 2.45) is 5.73 Å². The smallest absolute Gasteiger partial charge is 0.138 e. The van der Waals surface area contributed by atoms with Crippen LogP contribution in [0.25, 0.3) is 0 Å². The van der Waals surface area contributed by atoms with Crippen molar-refractivity contribution >= 4 is 29.0 Å². The van der Waals surface area contributed by atoms with E-state index in [2.05, 4.69) is 0 Å². The zero-order valence-corrected chi connectivity index (χ0v) is 12.8. The van der Waals surface area contributed by atoms with E-state index >= 15 is 0 Å². The third-order valence-corrected chi connectivity index (χ3v) is 3.37. The molecule has 2 aromatic carbocycles. The van der Waals surface area contributed by atoms with Crippen molar-refractivity contribution in [3.05, 3.63) is 57.6 Å². The van der Waals surface area contributed by atoms with E-state index in [1.54, 1.807) is 30.3 Å². The second-order valence-corrected chi connectivity index (χ2v) is 5.16. The zero-order valence-electron chi connectivity index (χ0n) is 11.3. The first-order chi connectivity index (χ1) is 10.0. The topological polar surface area (TPSA) is 68.3 Å². The van der Waals surface area contributed by atoms with Crippen molar-refractivity contribution in [3.8, 4) is 11.5 Å². The minimum absolute atomic E-state index is 0.0572. The first-order valence-electron chi connectivity index (χ1n) is 6.10. The highest BCUT2D eigenvalue weighted by molar-refractivity contribution is 6.35. The molecule has 3 N–H and O–H groups in total. The molecule has 0 atom stereocenters. The zero-order chi connectivity index (χ0) is 15.4. The number of nitrogens with two attached hydrogens (primary N) is 1. The number of halogens is 2. The number of hydrogen-bond donors (Lipinski definition) is 2. The molecule has 0 saturated heterocycles. The van der Waals surface area contributed by atoms with E-state index in [0.717, 1.165) is 5.56 Å². The number of nitrogens with one attached hydrogen (secondary N) is 1. The van der Waals surface area contributed by atoms with Gasteiger partial charge in [0.15, 0.2) is 0 Å². The average molecular weight is 325 g/mol. The number of ether oxygens (including phenoxy) is 2. The first kappa shape index (κ1) is 15.5. The normalized spacial score (nSPS) is 10.2. The van der Waals surface area contributed by atoms with Crippen molar-refractivity contribution in [2.45, 2.75) is 6.61 Å². The second-order valence-electron chi connectivity index (χ2n) is 4.31. The Kier molecular flexibility index (Phi) is 4.94. The van der Waals surface area contributed by atoms with Crippen LogP contribution < -0.4 is 15.2 Å². The van der Waals surface area contributed by atoms with Gasteiger partial charge in [0.1, 0.15) is 23.9 Å². The summed E-state index contributed by atoms with van der Waals surface area (Å²) in [6.45, 7) is 0.297. The Balaban J connectivity index is 2.16. The number of hydrogen-bond acceptors (Lipinski definition) is 3. The Hall–Kier alpha value is -1.91. The molecule has 0 aromatic heterocycles. The summed E-state index contributed by atoms with van der Waals surface area (Å²) in [4.78, 5) is 0. The Morgan fingerprint density at radius 1 is 1.14 bits per heavy atom. The molecule has 21 heavy (non-hydrogen) atoms. The molecule has 0 fully saturated rings. The molecule has 0 bridgehead atoms. The highest BCUT2D eigenvalue weighted by atomic mass is 35.5. The highest BCUT2D eigenvalue weighted by Gasteiger charge is 2.08. The quantitative estimate of drug-likeness (QED) is 0.648. The van der Waals surface area contributed by atoms with Crippen molar-refractivity contribution in [1.29, 1.82) is 5.41 Å². The van der Waals surface area contributed by atoms with Gasteiger partial charge in [-0.05, 0) is 35.9 Å². The summed E-state index contributed by atoms with van der Waals surface area (Å²) in [6.07, 6.45) is 0. The lowest BCUT2D eigenvalue weighted by Gasteiger charge is -2.11. The monoisotopic (exact) mass is 324 g/mol. The van der Waals surface area contributed by atoms with E-state index in [0.29, 0.717) is 33.7 Å². The Bertz CT molecular complexity index is 675. The summed E-state index contributed by atoms with van der Waals surface area (Å²) in [5, 5.41) is 8.55. The van der Waals surface area contributed by atoms with Crippen molar-refractivity contribution in [1.82, 2.24) is 0 Å². The fourth-order valence-corrected chi connectivity index (χ4v) is 2.27. The van der Waals surface area contributed by atoms with Crippen LogP contribution in [0.1, 0.15) is 11.1 Å². The van der Waals surface area contributed by atoms with E-state index < -0.39 is 0 Å². The van der Waals surface area contributed by atoms with Gasteiger partial charge in [0.25, 0.3) is 0 Å². The van der Waals surface area contributed by atoms with E-state index in [1.165, 1.54) is 7.11 Å². The number of methoxy groups -OCH3 is 1. The summed E-state index contributed by atoms with van der Waals surface area (Å²) < 4.78 is 10.8. The lowest BCUT2D eigenvalue weighted by molar-refractivity contribution is 0.306. The molecule has 0 saturated carbocycles. The van der Waals surface area contributed by atoms with Crippen LogP contribution in [0.15, 0.2) is 36.4 Å². The van der Waals surface area contributed by atoms with Crippen LogP contribution in [0.4, 0.5) is 0 Å². The highest BCUT2D eigenvalue weighted by Crippen LogP contribution is 2.28. The second kappa shape index (κ2) is 6.70. The van der Waals surface area contributed by atoms with Crippen LogP contribution >= 0.6 is 23.2 Å². The van der Waals surface area contributed by atoms with Crippen molar-refractivity contribution < 1.29 is 9.47 Å². The van der Waals surface area contributed by atoms with Gasteiger partial charge < -0.3 is 15.2 Å². The summed E-state index contributed by atoms with van der Waals surface area (Å²) in [5.41, 5.74) is 6.92. The van der Waals surface area contributed by atoms with E-state index in [-0.39, 0.29) is 5.84 Å². The van der Waals surface area contributed by atoms with Gasteiger partial charge in [-0.25, -0.2) is 0 Å². The number of nitrogen functional groups attached to an aromatic ring is 1. The van der Waals surface area contributed by atoms with Crippen LogP contribution in [0.2, 0.25) is 10.0 Å². The van der Waals surface area contributed by atoms with Gasteiger partial charge >= 0.3 is 0 Å². The molecule has 0 aliphatic heterocycles. The van der Waals surface area contributed by atoms with Crippen LogP contribution in [0.5, 0.6) is 11.5 Å². The molecule has 2 rings (SSSR count). The average Bonchev–Trinajstić information content (AvgIpc) is 2.46. The summed E-state index contributed by atoms with van der Waals surface area (Å²) in [5.74, 6) is 1.04. The first-order valence-corrected chi connectivity index (χ1v) is 6.86. The van der Waals surface area contributed by atoms with Crippen LogP contribution in [-0.2, 0) is 6.61 Å². The Labute approximate surface area is 132 Å².